The number of benzene rings is 1. The predicted molar refractivity (Wildman–Crippen MR) is 89.1 cm³/mol. The van der Waals surface area contributed by atoms with Crippen molar-refractivity contribution in [3.63, 3.8) is 0 Å². The Kier molecular flexibility index (Phi) is 5.45. The summed E-state index contributed by atoms with van der Waals surface area (Å²) in [7, 11) is 0. The van der Waals surface area contributed by atoms with E-state index in [1.807, 2.05) is 4.90 Å². The zero-order valence-corrected chi connectivity index (χ0v) is 13.8. The summed E-state index contributed by atoms with van der Waals surface area (Å²) in [5.74, 6) is -0.433. The Bertz CT molecular complexity index is 590. The number of nitrogens with zero attached hydrogens (tertiary/aromatic N) is 1. The molecule has 2 heterocycles. The third kappa shape index (κ3) is 4.32. The van der Waals surface area contributed by atoms with Crippen LogP contribution in [0.2, 0.25) is 0 Å². The van der Waals surface area contributed by atoms with Crippen molar-refractivity contribution in [2.75, 3.05) is 19.6 Å². The highest BCUT2D eigenvalue weighted by Gasteiger charge is 2.30. The molecule has 0 aromatic heterocycles. The van der Waals surface area contributed by atoms with Gasteiger partial charge in [-0.2, -0.15) is 0 Å². The highest BCUT2D eigenvalue weighted by molar-refractivity contribution is 5.94. The summed E-state index contributed by atoms with van der Waals surface area (Å²) in [6, 6.07) is 6.45. The molecule has 2 aliphatic heterocycles. The van der Waals surface area contributed by atoms with Gasteiger partial charge in [0.2, 0.25) is 5.91 Å². The Morgan fingerprint density at radius 1 is 1.17 bits per heavy atom. The minimum atomic E-state index is -0.363. The van der Waals surface area contributed by atoms with Crippen molar-refractivity contribution in [3.8, 4) is 0 Å². The molecule has 0 saturated carbocycles. The molecule has 2 atom stereocenters. The fourth-order valence-corrected chi connectivity index (χ4v) is 3.47. The summed E-state index contributed by atoms with van der Waals surface area (Å²) in [6.07, 6.45) is 4.47. The monoisotopic (exact) mass is 333 g/mol. The summed E-state index contributed by atoms with van der Waals surface area (Å²) >= 11 is 0. The lowest BCUT2D eigenvalue weighted by Gasteiger charge is -2.24. The zero-order valence-electron chi connectivity index (χ0n) is 13.8. The van der Waals surface area contributed by atoms with Crippen molar-refractivity contribution in [2.45, 2.75) is 44.2 Å². The van der Waals surface area contributed by atoms with Gasteiger partial charge < -0.3 is 15.5 Å². The minimum Gasteiger partial charge on any atom is -0.352 e. The molecule has 2 fully saturated rings. The molecule has 2 amide bonds. The van der Waals surface area contributed by atoms with Crippen LogP contribution in [0.4, 0.5) is 4.39 Å². The third-order valence-corrected chi connectivity index (χ3v) is 4.84. The van der Waals surface area contributed by atoms with Crippen LogP contribution < -0.4 is 10.6 Å². The molecule has 3 rings (SSSR count). The van der Waals surface area contributed by atoms with Crippen molar-refractivity contribution in [3.05, 3.63) is 35.6 Å². The smallest absolute Gasteiger partial charge is 0.251 e. The average Bonchev–Trinajstić information content (AvgIpc) is 2.90. The van der Waals surface area contributed by atoms with Crippen LogP contribution in [-0.2, 0) is 4.79 Å². The maximum atomic E-state index is 12.8. The molecular formula is C18H24FN3O2. The Morgan fingerprint density at radius 3 is 2.71 bits per heavy atom. The van der Waals surface area contributed by atoms with E-state index in [1.165, 1.54) is 30.7 Å². The van der Waals surface area contributed by atoms with Crippen molar-refractivity contribution < 1.29 is 14.0 Å². The van der Waals surface area contributed by atoms with Crippen LogP contribution in [-0.4, -0.2) is 48.4 Å². The zero-order chi connectivity index (χ0) is 16.9. The van der Waals surface area contributed by atoms with Gasteiger partial charge in [0, 0.05) is 43.7 Å². The number of hydrogen-bond acceptors (Lipinski definition) is 3. The van der Waals surface area contributed by atoms with E-state index < -0.39 is 0 Å². The Balaban J connectivity index is 1.37. The summed E-state index contributed by atoms with van der Waals surface area (Å²) in [6.45, 7) is 2.08. The number of hydrogen-bond donors (Lipinski definition) is 2. The highest BCUT2D eigenvalue weighted by atomic mass is 19.1. The average molecular weight is 333 g/mol. The lowest BCUT2D eigenvalue weighted by atomic mass is 10.1. The SMILES string of the molecule is O=C(NCCCC(=O)N1CCC2CCC(C1)N2)c1ccc(F)cc1. The largest absolute Gasteiger partial charge is 0.352 e. The molecule has 2 aliphatic rings. The highest BCUT2D eigenvalue weighted by Crippen LogP contribution is 2.20. The minimum absolute atomic E-state index is 0.167. The van der Waals surface area contributed by atoms with Gasteiger partial charge >= 0.3 is 0 Å². The number of halogens is 1. The molecule has 130 valence electrons. The van der Waals surface area contributed by atoms with E-state index >= 15 is 0 Å². The number of nitrogens with one attached hydrogen (secondary N) is 2. The van der Waals surface area contributed by atoms with E-state index in [2.05, 4.69) is 10.6 Å². The molecule has 1 aromatic carbocycles. The molecule has 1 aromatic rings. The second-order valence-corrected chi connectivity index (χ2v) is 6.63. The van der Waals surface area contributed by atoms with E-state index in [-0.39, 0.29) is 17.6 Å². The van der Waals surface area contributed by atoms with Gasteiger partial charge in [0.15, 0.2) is 0 Å². The van der Waals surface area contributed by atoms with Crippen LogP contribution in [0.5, 0.6) is 0 Å². The first-order chi connectivity index (χ1) is 11.6. The second kappa shape index (κ2) is 7.75. The molecule has 24 heavy (non-hydrogen) atoms. The van der Waals surface area contributed by atoms with Gasteiger partial charge in [0.25, 0.3) is 5.91 Å². The Morgan fingerprint density at radius 2 is 1.92 bits per heavy atom. The lowest BCUT2D eigenvalue weighted by molar-refractivity contribution is -0.131. The fourth-order valence-electron chi connectivity index (χ4n) is 3.47. The van der Waals surface area contributed by atoms with Crippen LogP contribution >= 0.6 is 0 Å². The molecule has 2 saturated heterocycles. The topological polar surface area (TPSA) is 61.4 Å². The molecule has 0 aliphatic carbocycles. The van der Waals surface area contributed by atoms with E-state index in [9.17, 15) is 14.0 Å². The summed E-state index contributed by atoms with van der Waals surface area (Å²) < 4.78 is 12.8. The maximum absolute atomic E-state index is 12.8. The summed E-state index contributed by atoms with van der Waals surface area (Å²) in [5, 5.41) is 6.34. The Labute approximate surface area is 141 Å². The number of carbonyl (C=O) groups is 2. The number of rotatable bonds is 5. The fraction of sp³-hybridized carbons (Fsp3) is 0.556. The molecule has 0 spiro atoms. The molecular weight excluding hydrogens is 309 g/mol. The normalized spacial score (nSPS) is 23.0. The lowest BCUT2D eigenvalue weighted by Crippen LogP contribution is -2.39. The molecule has 5 nitrogen and oxygen atoms in total. The second-order valence-electron chi connectivity index (χ2n) is 6.63. The Hall–Kier alpha value is -1.95. The van der Waals surface area contributed by atoms with Crippen molar-refractivity contribution in [1.29, 1.82) is 0 Å². The first-order valence-electron chi connectivity index (χ1n) is 8.69. The van der Waals surface area contributed by atoms with Crippen LogP contribution in [0.1, 0.15) is 42.5 Å². The van der Waals surface area contributed by atoms with E-state index in [0.29, 0.717) is 37.0 Å². The first kappa shape index (κ1) is 16.9. The number of likely N-dealkylation sites (tertiary alicyclic amines) is 1. The van der Waals surface area contributed by atoms with Crippen molar-refractivity contribution >= 4 is 11.8 Å². The molecule has 2 bridgehead atoms. The summed E-state index contributed by atoms with van der Waals surface area (Å²) in [4.78, 5) is 26.2. The van der Waals surface area contributed by atoms with Crippen molar-refractivity contribution in [2.24, 2.45) is 0 Å². The van der Waals surface area contributed by atoms with Crippen molar-refractivity contribution in [1.82, 2.24) is 15.5 Å². The quantitative estimate of drug-likeness (QED) is 0.806. The van der Waals surface area contributed by atoms with Gasteiger partial charge in [0.1, 0.15) is 5.82 Å². The van der Waals surface area contributed by atoms with Crippen LogP contribution in [0.25, 0.3) is 0 Å². The van der Waals surface area contributed by atoms with E-state index in [1.54, 1.807) is 0 Å². The van der Waals surface area contributed by atoms with Gasteiger partial charge in [0.05, 0.1) is 0 Å². The molecule has 2 N–H and O–H groups in total. The molecule has 0 radical (unpaired) electrons. The van der Waals surface area contributed by atoms with Crippen LogP contribution in [0.3, 0.4) is 0 Å². The van der Waals surface area contributed by atoms with E-state index in [4.69, 9.17) is 0 Å². The van der Waals surface area contributed by atoms with Gasteiger partial charge in [-0.1, -0.05) is 0 Å². The summed E-state index contributed by atoms with van der Waals surface area (Å²) in [5.41, 5.74) is 0.428. The van der Waals surface area contributed by atoms with Crippen LogP contribution in [0.15, 0.2) is 24.3 Å². The van der Waals surface area contributed by atoms with Gasteiger partial charge in [-0.3, -0.25) is 9.59 Å². The molecule has 6 heteroatoms. The first-order valence-corrected chi connectivity index (χ1v) is 8.69. The maximum Gasteiger partial charge on any atom is 0.251 e. The third-order valence-electron chi connectivity index (χ3n) is 4.84. The van der Waals surface area contributed by atoms with Crippen LogP contribution in [0, 0.1) is 5.82 Å². The number of carbonyl (C=O) groups excluding carboxylic acids is 2. The predicted octanol–water partition coefficient (Wildman–Crippen LogP) is 1.69. The van der Waals surface area contributed by atoms with Gasteiger partial charge in [-0.05, 0) is 49.9 Å². The van der Waals surface area contributed by atoms with E-state index in [0.717, 1.165) is 25.9 Å². The standard InChI is InChI=1S/C18H24FN3O2/c19-14-5-3-13(4-6-14)18(24)20-10-1-2-17(23)22-11-9-15-7-8-16(12-22)21-15/h3-6,15-16,21H,1-2,7-12H2,(H,20,24). The molecule has 2 unspecified atom stereocenters. The number of amides is 2. The van der Waals surface area contributed by atoms with Gasteiger partial charge in [-0.25, -0.2) is 4.39 Å². The number of fused-ring (bicyclic) bond motifs is 2. The van der Waals surface area contributed by atoms with Gasteiger partial charge in [-0.15, -0.1) is 0 Å².